The number of aliphatic hydroxyl groups is 2. The highest BCUT2D eigenvalue weighted by atomic mass is 32.2. The van der Waals surface area contributed by atoms with Crippen molar-refractivity contribution in [1.29, 1.82) is 0 Å². The molecule has 0 aliphatic carbocycles. The maximum Gasteiger partial charge on any atom is 0.243 e. The van der Waals surface area contributed by atoms with Crippen LogP contribution < -0.4 is 5.73 Å². The lowest BCUT2D eigenvalue weighted by Gasteiger charge is -2.34. The molecule has 3 rings (SSSR count). The molecule has 0 radical (unpaired) electrons. The van der Waals surface area contributed by atoms with E-state index in [0.29, 0.717) is 37.7 Å². The second-order valence-corrected chi connectivity index (χ2v) is 12.9. The molecule has 3 atom stereocenters. The summed E-state index contributed by atoms with van der Waals surface area (Å²) in [7, 11) is -2.06. The fraction of sp³-hybridized carbons (Fsp3) is 0.441. The Bertz CT molecular complexity index is 1310. The average molecular weight is 610 g/mol. The van der Waals surface area contributed by atoms with E-state index < -0.39 is 22.1 Å². The third kappa shape index (κ3) is 8.74. The first-order valence-electron chi connectivity index (χ1n) is 15.1. The molecular weight excluding hydrogens is 562 g/mol. The van der Waals surface area contributed by atoms with Crippen LogP contribution in [0.25, 0.3) is 0 Å². The van der Waals surface area contributed by atoms with Gasteiger partial charge in [0, 0.05) is 31.6 Å². The number of rotatable bonds is 17. The molecule has 43 heavy (non-hydrogen) atoms. The molecule has 0 spiro atoms. The Morgan fingerprint density at radius 3 is 1.84 bits per heavy atom. The number of nitrogens with two attached hydrogens (primary N) is 1. The monoisotopic (exact) mass is 609 g/mol. The van der Waals surface area contributed by atoms with Crippen molar-refractivity contribution in [3.05, 3.63) is 102 Å². The summed E-state index contributed by atoms with van der Waals surface area (Å²) in [6, 6.07) is 24.4. The van der Waals surface area contributed by atoms with Gasteiger partial charge in [-0.15, -0.1) is 0 Å². The molecular formula is C34H47N3O5S. The third-order valence-electron chi connectivity index (χ3n) is 8.18. The molecule has 1 amide bonds. The van der Waals surface area contributed by atoms with E-state index in [1.54, 1.807) is 24.1 Å². The third-order valence-corrected chi connectivity index (χ3v) is 10.1. The number of benzene rings is 3. The first kappa shape index (κ1) is 34.4. The average Bonchev–Trinajstić information content (AvgIpc) is 3.04. The summed E-state index contributed by atoms with van der Waals surface area (Å²) < 4.78 is 28.4. The molecule has 3 aromatic carbocycles. The summed E-state index contributed by atoms with van der Waals surface area (Å²) in [5.74, 6) is -0.447. The first-order chi connectivity index (χ1) is 20.7. The molecule has 234 valence electrons. The van der Waals surface area contributed by atoms with Crippen molar-refractivity contribution in [2.75, 3.05) is 20.2 Å². The molecule has 9 heteroatoms. The zero-order chi connectivity index (χ0) is 31.4. The molecule has 0 fully saturated rings. The lowest BCUT2D eigenvalue weighted by Crippen LogP contribution is -2.49. The molecule has 3 aromatic rings. The number of sulfonamides is 1. The number of nitrogens with zero attached hydrogens (tertiary/aromatic N) is 2. The van der Waals surface area contributed by atoms with E-state index >= 15 is 0 Å². The van der Waals surface area contributed by atoms with Gasteiger partial charge in [0.15, 0.2) is 0 Å². The first-order valence-corrected chi connectivity index (χ1v) is 16.6. The minimum atomic E-state index is -3.85. The fourth-order valence-electron chi connectivity index (χ4n) is 5.69. The molecule has 0 aliphatic rings. The van der Waals surface area contributed by atoms with E-state index in [9.17, 15) is 23.4 Å². The summed E-state index contributed by atoms with van der Waals surface area (Å²) in [4.78, 5) is 15.6. The zero-order valence-electron chi connectivity index (χ0n) is 25.5. The molecule has 0 saturated heterocycles. The topological polar surface area (TPSA) is 124 Å². The summed E-state index contributed by atoms with van der Waals surface area (Å²) in [6.45, 7) is 3.73. The quantitative estimate of drug-likeness (QED) is 0.207. The van der Waals surface area contributed by atoms with Crippen LogP contribution in [0.5, 0.6) is 0 Å². The number of carbonyl (C=O) groups is 1. The summed E-state index contributed by atoms with van der Waals surface area (Å²) in [6.07, 6.45) is 3.03. The van der Waals surface area contributed by atoms with Gasteiger partial charge in [0.25, 0.3) is 0 Å². The van der Waals surface area contributed by atoms with Gasteiger partial charge in [0.2, 0.25) is 15.9 Å². The van der Waals surface area contributed by atoms with Gasteiger partial charge >= 0.3 is 0 Å². The predicted molar refractivity (Wildman–Crippen MR) is 171 cm³/mol. The number of carbonyl (C=O) groups excluding carboxylic acids is 1. The lowest BCUT2D eigenvalue weighted by atomic mass is 9.84. The van der Waals surface area contributed by atoms with E-state index in [1.165, 1.54) is 16.4 Å². The van der Waals surface area contributed by atoms with Crippen molar-refractivity contribution in [2.45, 2.75) is 81.5 Å². The van der Waals surface area contributed by atoms with Crippen LogP contribution in [0.3, 0.4) is 0 Å². The van der Waals surface area contributed by atoms with E-state index in [2.05, 4.69) is 0 Å². The maximum atomic E-state index is 13.8. The smallest absolute Gasteiger partial charge is 0.243 e. The van der Waals surface area contributed by atoms with Gasteiger partial charge in [-0.2, -0.15) is 4.31 Å². The van der Waals surface area contributed by atoms with E-state index in [-0.39, 0.29) is 42.5 Å². The number of hydrogen-bond acceptors (Lipinski definition) is 6. The largest absolute Gasteiger partial charge is 0.395 e. The normalized spacial score (nSPS) is 14.0. The lowest BCUT2D eigenvalue weighted by molar-refractivity contribution is -0.134. The minimum absolute atomic E-state index is 0.0904. The fourth-order valence-corrected chi connectivity index (χ4v) is 7.43. The summed E-state index contributed by atoms with van der Waals surface area (Å²) in [5.41, 5.74) is 9.28. The van der Waals surface area contributed by atoms with Crippen LogP contribution in [0.2, 0.25) is 0 Å². The van der Waals surface area contributed by atoms with Gasteiger partial charge in [-0.3, -0.25) is 4.79 Å². The molecule has 0 bridgehead atoms. The Balaban J connectivity index is 1.71. The second-order valence-electron chi connectivity index (χ2n) is 11.0. The van der Waals surface area contributed by atoms with Crippen LogP contribution in [-0.2, 0) is 21.4 Å². The van der Waals surface area contributed by atoms with Crippen molar-refractivity contribution in [3.63, 3.8) is 0 Å². The molecule has 0 aromatic heterocycles. The second kappa shape index (κ2) is 16.7. The number of aliphatic hydroxyl groups excluding tert-OH is 2. The number of amides is 1. The Hall–Kier alpha value is -3.08. The van der Waals surface area contributed by atoms with Gasteiger partial charge in [0.1, 0.15) is 0 Å². The van der Waals surface area contributed by atoms with Crippen molar-refractivity contribution in [3.8, 4) is 0 Å². The van der Waals surface area contributed by atoms with E-state index in [1.807, 2.05) is 74.5 Å². The van der Waals surface area contributed by atoms with Gasteiger partial charge in [-0.25, -0.2) is 8.42 Å². The Labute approximate surface area is 257 Å². The van der Waals surface area contributed by atoms with Gasteiger partial charge in [-0.1, -0.05) is 86.6 Å². The molecule has 0 heterocycles. The van der Waals surface area contributed by atoms with Crippen LogP contribution in [0.15, 0.2) is 89.8 Å². The van der Waals surface area contributed by atoms with Crippen molar-refractivity contribution < 1.29 is 23.4 Å². The van der Waals surface area contributed by atoms with Crippen LogP contribution in [0.4, 0.5) is 0 Å². The Morgan fingerprint density at radius 1 is 0.837 bits per heavy atom. The van der Waals surface area contributed by atoms with E-state index in [4.69, 9.17) is 5.73 Å². The highest BCUT2D eigenvalue weighted by Gasteiger charge is 2.33. The molecule has 0 aliphatic heterocycles. The molecule has 0 saturated carbocycles. The highest BCUT2D eigenvalue weighted by molar-refractivity contribution is 7.89. The predicted octanol–water partition coefficient (Wildman–Crippen LogP) is 4.51. The van der Waals surface area contributed by atoms with Crippen LogP contribution in [-0.4, -0.2) is 72.1 Å². The number of hydrogen-bond donors (Lipinski definition) is 3. The van der Waals surface area contributed by atoms with Crippen molar-refractivity contribution in [2.24, 2.45) is 5.73 Å². The van der Waals surface area contributed by atoms with Crippen molar-refractivity contribution in [1.82, 2.24) is 9.21 Å². The SMILES string of the molecule is CCCN([C@H](CO)CCC[C@H](CC)N(C)C(=O)[C@@H](N)C(c1ccccc1)c1ccccc1)S(=O)(=O)c1ccc(CO)cc1. The maximum absolute atomic E-state index is 13.8. The molecule has 4 N–H and O–H groups in total. The van der Waals surface area contributed by atoms with Crippen LogP contribution >= 0.6 is 0 Å². The zero-order valence-corrected chi connectivity index (χ0v) is 26.4. The van der Waals surface area contributed by atoms with E-state index in [0.717, 1.165) is 11.1 Å². The van der Waals surface area contributed by atoms with Crippen LogP contribution in [0, 0.1) is 0 Å². The molecule has 8 nitrogen and oxygen atoms in total. The summed E-state index contributed by atoms with van der Waals surface area (Å²) >= 11 is 0. The number of likely N-dealkylation sites (N-methyl/N-ethyl adjacent to an activating group) is 1. The summed E-state index contributed by atoms with van der Waals surface area (Å²) in [5, 5.41) is 19.6. The molecule has 0 unspecified atom stereocenters. The standard InChI is InChI=1S/C34H47N3O5S/c1-4-23-37(43(41,42)31-21-19-26(24-38)20-22-31)30(25-39)18-12-17-29(5-2)36(3)34(40)33(35)32(27-13-8-6-9-14-27)28-15-10-7-11-16-28/h6-11,13-16,19-22,29-30,32-33,38-39H,4-5,12,17-18,23-25,35H2,1-3H3/t29-,30-,33-/m0/s1. The van der Waals surface area contributed by atoms with Gasteiger partial charge in [0.05, 0.1) is 24.2 Å². The Morgan fingerprint density at radius 2 is 1.37 bits per heavy atom. The van der Waals surface area contributed by atoms with Gasteiger partial charge < -0.3 is 20.8 Å². The van der Waals surface area contributed by atoms with Crippen molar-refractivity contribution >= 4 is 15.9 Å². The Kier molecular flexibility index (Phi) is 13.3. The van der Waals surface area contributed by atoms with Gasteiger partial charge in [-0.05, 0) is 60.9 Å². The highest BCUT2D eigenvalue weighted by Crippen LogP contribution is 2.29. The minimum Gasteiger partial charge on any atom is -0.395 e. The van der Waals surface area contributed by atoms with Crippen LogP contribution in [0.1, 0.15) is 68.6 Å².